The molecule has 0 spiro atoms. The van der Waals surface area contributed by atoms with Crippen LogP contribution in [0.1, 0.15) is 63.8 Å². The van der Waals surface area contributed by atoms with E-state index in [1.165, 1.54) is 29.3 Å². The number of fused-ring (bicyclic) bond motifs is 6. The molecule has 3 heterocycles. The van der Waals surface area contributed by atoms with E-state index < -0.39 is 0 Å². The predicted octanol–water partition coefficient (Wildman–Crippen LogP) is 5.48. The number of esters is 1. The third-order valence-corrected chi connectivity index (χ3v) is 9.56. The molecule has 1 saturated heterocycles. The van der Waals surface area contributed by atoms with Gasteiger partial charge in [0.05, 0.1) is 25.2 Å². The Balaban J connectivity index is 1.38. The SMILES string of the molecule is COC(=O)[C@@H]1[C@H]2C[C@H]3c4[nH]c5ccccc5c4CCN3C[C@@H]2CC[C@@H]1OCCC(C)(C)C(C)=S. The zero-order valence-corrected chi connectivity index (χ0v) is 21.7. The molecule has 6 heteroatoms. The van der Waals surface area contributed by atoms with Gasteiger partial charge in [-0.2, -0.15) is 0 Å². The maximum absolute atomic E-state index is 13.1. The van der Waals surface area contributed by atoms with Crippen LogP contribution in [0.15, 0.2) is 24.3 Å². The number of piperidine rings is 1. The van der Waals surface area contributed by atoms with Gasteiger partial charge in [0.15, 0.2) is 0 Å². The van der Waals surface area contributed by atoms with E-state index in [1.54, 1.807) is 0 Å². The van der Waals surface area contributed by atoms with Crippen LogP contribution in [0, 0.1) is 23.2 Å². The van der Waals surface area contributed by atoms with Gasteiger partial charge in [0.1, 0.15) is 0 Å². The van der Waals surface area contributed by atoms with Gasteiger partial charge in [-0.1, -0.05) is 44.3 Å². The molecule has 1 aromatic heterocycles. The van der Waals surface area contributed by atoms with Crippen LogP contribution in [-0.2, 0) is 20.7 Å². The molecular formula is C28H38N2O3S. The highest BCUT2D eigenvalue weighted by atomic mass is 32.1. The van der Waals surface area contributed by atoms with Crippen molar-refractivity contribution in [2.45, 2.75) is 65.0 Å². The average Bonchev–Trinajstić information content (AvgIpc) is 3.21. The quantitative estimate of drug-likeness (QED) is 0.437. The van der Waals surface area contributed by atoms with Crippen LogP contribution in [0.2, 0.25) is 0 Å². The molecule has 34 heavy (non-hydrogen) atoms. The summed E-state index contributed by atoms with van der Waals surface area (Å²) in [7, 11) is 1.52. The third-order valence-electron chi connectivity index (χ3n) is 9.01. The first-order chi connectivity index (χ1) is 16.3. The minimum absolute atomic E-state index is 0.0350. The van der Waals surface area contributed by atoms with Crippen molar-refractivity contribution in [3.8, 4) is 0 Å². The lowest BCUT2D eigenvalue weighted by Gasteiger charge is -2.51. The van der Waals surface area contributed by atoms with E-state index in [9.17, 15) is 4.79 Å². The summed E-state index contributed by atoms with van der Waals surface area (Å²) in [5.41, 5.74) is 4.01. The van der Waals surface area contributed by atoms with E-state index in [0.29, 0.717) is 18.6 Å². The van der Waals surface area contributed by atoms with Crippen LogP contribution in [0.5, 0.6) is 0 Å². The van der Waals surface area contributed by atoms with Gasteiger partial charge in [-0.05, 0) is 72.8 Å². The highest BCUT2D eigenvalue weighted by molar-refractivity contribution is 7.80. The topological polar surface area (TPSA) is 54.6 Å². The van der Waals surface area contributed by atoms with Gasteiger partial charge in [-0.15, -0.1) is 0 Å². The van der Waals surface area contributed by atoms with Crippen molar-refractivity contribution < 1.29 is 14.3 Å². The number of hydrogen-bond donors (Lipinski definition) is 1. The van der Waals surface area contributed by atoms with Crippen LogP contribution < -0.4 is 0 Å². The van der Waals surface area contributed by atoms with Gasteiger partial charge in [-0.3, -0.25) is 9.69 Å². The van der Waals surface area contributed by atoms with E-state index in [4.69, 9.17) is 21.7 Å². The number of hydrogen-bond acceptors (Lipinski definition) is 5. The first kappa shape index (κ1) is 24.0. The fraction of sp³-hybridized carbons (Fsp3) is 0.643. The Hall–Kier alpha value is -1.76. The van der Waals surface area contributed by atoms with Crippen LogP contribution >= 0.6 is 12.2 Å². The molecule has 1 N–H and O–H groups in total. The third kappa shape index (κ3) is 4.22. The van der Waals surface area contributed by atoms with E-state index in [0.717, 1.165) is 50.1 Å². The van der Waals surface area contributed by atoms with Crippen molar-refractivity contribution in [3.05, 3.63) is 35.5 Å². The lowest BCUT2D eigenvalue weighted by Crippen LogP contribution is -2.53. The normalized spacial score (nSPS) is 29.2. The summed E-state index contributed by atoms with van der Waals surface area (Å²) in [5, 5.41) is 1.35. The molecule has 5 nitrogen and oxygen atoms in total. The Bertz CT molecular complexity index is 1080. The second kappa shape index (κ2) is 9.36. The maximum atomic E-state index is 13.1. The molecule has 0 bridgehead atoms. The first-order valence-electron chi connectivity index (χ1n) is 12.8. The molecule has 2 aromatic rings. The molecule has 1 saturated carbocycles. The Morgan fingerprint density at radius 3 is 2.82 bits per heavy atom. The lowest BCUT2D eigenvalue weighted by atomic mass is 9.64. The average molecular weight is 483 g/mol. The fourth-order valence-corrected chi connectivity index (χ4v) is 6.71. The standard InChI is InChI=1S/C28H38N2O3S/c1-17(34)28(2,3)12-14-33-24-10-9-18-16-30-13-11-20-19-7-5-6-8-22(19)29-26(20)23(30)15-21(18)25(24)27(31)32-4/h5-8,18,21,23-25,29H,9-16H2,1-4H3/t18-,21-,23-,24-,25+/m0/s1. The van der Waals surface area contributed by atoms with E-state index in [2.05, 4.69) is 48.0 Å². The summed E-state index contributed by atoms with van der Waals surface area (Å²) in [5.74, 6) is 0.499. The minimum Gasteiger partial charge on any atom is -0.469 e. The number of carbonyl (C=O) groups excluding carboxylic acids is 1. The summed E-state index contributed by atoms with van der Waals surface area (Å²) in [6.07, 6.45) is 4.90. The first-order valence-corrected chi connectivity index (χ1v) is 13.2. The number of H-pyrrole nitrogens is 1. The van der Waals surface area contributed by atoms with Crippen LogP contribution in [0.4, 0.5) is 0 Å². The molecule has 3 aliphatic rings. The van der Waals surface area contributed by atoms with Crippen molar-refractivity contribution in [3.63, 3.8) is 0 Å². The predicted molar refractivity (Wildman–Crippen MR) is 139 cm³/mol. The summed E-state index contributed by atoms with van der Waals surface area (Å²) in [6, 6.07) is 8.97. The number of aromatic nitrogens is 1. The van der Waals surface area contributed by atoms with Crippen molar-refractivity contribution in [2.24, 2.45) is 23.2 Å². The largest absolute Gasteiger partial charge is 0.469 e. The summed E-state index contributed by atoms with van der Waals surface area (Å²) in [4.78, 5) is 20.5. The smallest absolute Gasteiger partial charge is 0.311 e. The maximum Gasteiger partial charge on any atom is 0.311 e. The number of methoxy groups -OCH3 is 1. The fourth-order valence-electron chi connectivity index (χ4n) is 6.61. The van der Waals surface area contributed by atoms with Crippen LogP contribution in [0.3, 0.4) is 0 Å². The number of para-hydroxylation sites is 1. The van der Waals surface area contributed by atoms with Gasteiger partial charge in [0.25, 0.3) is 0 Å². The van der Waals surface area contributed by atoms with Gasteiger partial charge in [-0.25, -0.2) is 0 Å². The summed E-state index contributed by atoms with van der Waals surface area (Å²) < 4.78 is 11.8. The number of aromatic amines is 1. The van der Waals surface area contributed by atoms with Crippen molar-refractivity contribution >= 4 is 34.0 Å². The summed E-state index contributed by atoms with van der Waals surface area (Å²) >= 11 is 5.43. The zero-order valence-electron chi connectivity index (χ0n) is 20.9. The monoisotopic (exact) mass is 482 g/mol. The number of rotatable bonds is 6. The highest BCUT2D eigenvalue weighted by Gasteiger charge is 2.50. The molecule has 5 rings (SSSR count). The second-order valence-electron chi connectivity index (χ2n) is 11.2. The molecule has 2 fully saturated rings. The molecule has 184 valence electrons. The molecule has 5 atom stereocenters. The highest BCUT2D eigenvalue weighted by Crippen LogP contribution is 2.50. The molecular weight excluding hydrogens is 444 g/mol. The Kier molecular flexibility index (Phi) is 6.60. The number of benzene rings is 1. The zero-order chi connectivity index (χ0) is 24.0. The number of thiocarbonyl (C=S) groups is 1. The van der Waals surface area contributed by atoms with Crippen LogP contribution in [0.25, 0.3) is 10.9 Å². The van der Waals surface area contributed by atoms with Crippen molar-refractivity contribution in [1.29, 1.82) is 0 Å². The second-order valence-corrected chi connectivity index (χ2v) is 11.8. The van der Waals surface area contributed by atoms with E-state index >= 15 is 0 Å². The van der Waals surface area contributed by atoms with E-state index in [1.807, 2.05) is 6.92 Å². The van der Waals surface area contributed by atoms with Crippen LogP contribution in [-0.4, -0.2) is 53.6 Å². The summed E-state index contributed by atoms with van der Waals surface area (Å²) in [6.45, 7) is 9.12. The van der Waals surface area contributed by atoms with Crippen molar-refractivity contribution in [2.75, 3.05) is 26.8 Å². The van der Waals surface area contributed by atoms with Gasteiger partial charge in [0.2, 0.25) is 0 Å². The number of nitrogens with zero attached hydrogens (tertiary/aromatic N) is 1. The van der Waals surface area contributed by atoms with Gasteiger partial charge >= 0.3 is 5.97 Å². The number of ether oxygens (including phenoxy) is 2. The molecule has 0 unspecified atom stereocenters. The Labute approximate surface area is 208 Å². The van der Waals surface area contributed by atoms with E-state index in [-0.39, 0.29) is 29.3 Å². The number of carbonyl (C=O) groups is 1. The Morgan fingerprint density at radius 1 is 1.26 bits per heavy atom. The molecule has 0 radical (unpaired) electrons. The van der Waals surface area contributed by atoms with Gasteiger partial charge in [0, 0.05) is 36.3 Å². The molecule has 1 aromatic carbocycles. The van der Waals surface area contributed by atoms with Gasteiger partial charge < -0.3 is 14.5 Å². The molecule has 0 amide bonds. The molecule has 1 aliphatic carbocycles. The Morgan fingerprint density at radius 2 is 2.06 bits per heavy atom. The minimum atomic E-state index is -0.197. The number of nitrogens with one attached hydrogen (secondary N) is 1. The van der Waals surface area contributed by atoms with Crippen molar-refractivity contribution in [1.82, 2.24) is 9.88 Å². The lowest BCUT2D eigenvalue weighted by molar-refractivity contribution is -0.164. The molecule has 2 aliphatic heterocycles.